The number of ether oxygens (including phenoxy) is 1. The summed E-state index contributed by atoms with van der Waals surface area (Å²) >= 11 is 1.66. The molecule has 4 heteroatoms. The molecule has 1 saturated heterocycles. The van der Waals surface area contributed by atoms with Crippen LogP contribution in [-0.4, -0.2) is 33.8 Å². The van der Waals surface area contributed by atoms with Crippen LogP contribution in [0.1, 0.15) is 58.3 Å². The Morgan fingerprint density at radius 1 is 1.44 bits per heavy atom. The standard InChI is InChI=1S/C14H24O3S/c1-2-12(13(15)16)18-11-6-9-17-14(10-11)7-4-3-5-8-14/h11-12H,2-10H2,1H3,(H,15,16). The molecule has 104 valence electrons. The van der Waals surface area contributed by atoms with E-state index in [-0.39, 0.29) is 10.9 Å². The monoisotopic (exact) mass is 272 g/mol. The van der Waals surface area contributed by atoms with Crippen LogP contribution in [0.3, 0.4) is 0 Å². The van der Waals surface area contributed by atoms with E-state index in [1.807, 2.05) is 6.92 Å². The topological polar surface area (TPSA) is 46.5 Å². The largest absolute Gasteiger partial charge is 0.480 e. The minimum atomic E-state index is -0.660. The molecule has 1 heterocycles. The number of aliphatic carboxylic acids is 1. The first kappa shape index (κ1) is 14.2. The van der Waals surface area contributed by atoms with Crippen LogP contribution in [0.2, 0.25) is 0 Å². The number of thioether (sulfide) groups is 1. The number of carboxylic acid groups (broad SMARTS) is 1. The van der Waals surface area contributed by atoms with Gasteiger partial charge in [-0.2, -0.15) is 0 Å². The number of carbonyl (C=O) groups is 1. The zero-order valence-corrected chi connectivity index (χ0v) is 12.0. The second kappa shape index (κ2) is 6.29. The maximum atomic E-state index is 11.1. The lowest BCUT2D eigenvalue weighted by molar-refractivity contribution is -0.136. The summed E-state index contributed by atoms with van der Waals surface area (Å²) in [5.74, 6) is -0.660. The summed E-state index contributed by atoms with van der Waals surface area (Å²) in [4.78, 5) is 11.1. The van der Waals surface area contributed by atoms with E-state index in [9.17, 15) is 4.79 Å². The zero-order valence-electron chi connectivity index (χ0n) is 11.2. The second-order valence-electron chi connectivity index (χ2n) is 5.58. The molecule has 2 atom stereocenters. The van der Waals surface area contributed by atoms with Gasteiger partial charge in [-0.3, -0.25) is 4.79 Å². The summed E-state index contributed by atoms with van der Waals surface area (Å²) in [5.41, 5.74) is 0.0883. The molecule has 0 aromatic carbocycles. The van der Waals surface area contributed by atoms with Gasteiger partial charge in [0.05, 0.1) is 5.60 Å². The maximum Gasteiger partial charge on any atom is 0.316 e. The lowest BCUT2D eigenvalue weighted by Gasteiger charge is -2.43. The van der Waals surface area contributed by atoms with E-state index in [4.69, 9.17) is 9.84 Å². The van der Waals surface area contributed by atoms with Crippen LogP contribution in [-0.2, 0) is 9.53 Å². The van der Waals surface area contributed by atoms with Crippen LogP contribution >= 0.6 is 11.8 Å². The summed E-state index contributed by atoms with van der Waals surface area (Å²) in [7, 11) is 0. The molecular formula is C14H24O3S. The van der Waals surface area contributed by atoms with Crippen molar-refractivity contribution in [2.24, 2.45) is 0 Å². The number of hydrogen-bond acceptors (Lipinski definition) is 3. The number of rotatable bonds is 4. The third-order valence-corrected chi connectivity index (χ3v) is 5.87. The molecule has 0 aromatic heterocycles. The van der Waals surface area contributed by atoms with Gasteiger partial charge in [-0.25, -0.2) is 0 Å². The van der Waals surface area contributed by atoms with E-state index >= 15 is 0 Å². The molecular weight excluding hydrogens is 248 g/mol. The lowest BCUT2D eigenvalue weighted by Crippen LogP contribution is -2.43. The van der Waals surface area contributed by atoms with E-state index in [1.165, 1.54) is 32.1 Å². The Balaban J connectivity index is 1.91. The van der Waals surface area contributed by atoms with Crippen LogP contribution in [0.25, 0.3) is 0 Å². The zero-order chi connectivity index (χ0) is 13.0. The molecule has 2 rings (SSSR count). The molecule has 2 fully saturated rings. The average Bonchev–Trinajstić information content (AvgIpc) is 2.36. The van der Waals surface area contributed by atoms with E-state index < -0.39 is 5.97 Å². The first-order valence-electron chi connectivity index (χ1n) is 7.17. The van der Waals surface area contributed by atoms with Crippen LogP contribution in [0.4, 0.5) is 0 Å². The van der Waals surface area contributed by atoms with Crippen molar-refractivity contribution in [3.63, 3.8) is 0 Å². The van der Waals surface area contributed by atoms with Gasteiger partial charge in [-0.1, -0.05) is 26.2 Å². The summed E-state index contributed by atoms with van der Waals surface area (Å²) in [6.07, 6.45) is 9.00. The highest BCUT2D eigenvalue weighted by atomic mass is 32.2. The Morgan fingerprint density at radius 2 is 2.17 bits per heavy atom. The average molecular weight is 272 g/mol. The Bertz CT molecular complexity index is 281. The molecule has 1 aliphatic heterocycles. The summed E-state index contributed by atoms with van der Waals surface area (Å²) < 4.78 is 6.05. The lowest BCUT2D eigenvalue weighted by atomic mass is 9.80. The maximum absolute atomic E-state index is 11.1. The first-order valence-corrected chi connectivity index (χ1v) is 8.12. The van der Waals surface area contributed by atoms with E-state index in [1.54, 1.807) is 11.8 Å². The fourth-order valence-corrected chi connectivity index (χ4v) is 4.61. The van der Waals surface area contributed by atoms with Gasteiger partial charge in [0.25, 0.3) is 0 Å². The molecule has 18 heavy (non-hydrogen) atoms. The summed E-state index contributed by atoms with van der Waals surface area (Å²) in [5, 5.41) is 9.38. The molecule has 0 radical (unpaired) electrons. The smallest absolute Gasteiger partial charge is 0.316 e. The molecule has 1 N–H and O–H groups in total. The van der Waals surface area contributed by atoms with Crippen molar-refractivity contribution in [2.75, 3.05) is 6.61 Å². The van der Waals surface area contributed by atoms with Crippen molar-refractivity contribution in [2.45, 2.75) is 74.4 Å². The van der Waals surface area contributed by atoms with Crippen LogP contribution in [0, 0.1) is 0 Å². The van der Waals surface area contributed by atoms with Gasteiger partial charge in [0.2, 0.25) is 0 Å². The molecule has 1 aliphatic carbocycles. The summed E-state index contributed by atoms with van der Waals surface area (Å²) in [6, 6.07) is 0. The number of hydrogen-bond donors (Lipinski definition) is 1. The van der Waals surface area contributed by atoms with Gasteiger partial charge in [-0.15, -0.1) is 11.8 Å². The quantitative estimate of drug-likeness (QED) is 0.851. The van der Waals surface area contributed by atoms with Crippen molar-refractivity contribution in [3.05, 3.63) is 0 Å². The molecule has 2 aliphatic rings. The molecule has 0 bridgehead atoms. The minimum absolute atomic E-state index is 0.0883. The Labute approximate surface area is 114 Å². The van der Waals surface area contributed by atoms with Gasteiger partial charge in [-0.05, 0) is 32.1 Å². The molecule has 1 saturated carbocycles. The molecule has 1 spiro atoms. The van der Waals surface area contributed by atoms with E-state index in [0.29, 0.717) is 11.7 Å². The molecule has 2 unspecified atom stereocenters. The Hall–Kier alpha value is -0.220. The Morgan fingerprint density at radius 3 is 2.78 bits per heavy atom. The highest BCUT2D eigenvalue weighted by Crippen LogP contribution is 2.42. The van der Waals surface area contributed by atoms with Crippen molar-refractivity contribution >= 4 is 17.7 Å². The molecule has 0 aromatic rings. The normalized spacial score (nSPS) is 29.1. The molecule has 0 amide bonds. The van der Waals surface area contributed by atoms with Gasteiger partial charge < -0.3 is 9.84 Å². The number of carboxylic acids is 1. The highest BCUT2D eigenvalue weighted by molar-refractivity contribution is 8.01. The van der Waals surface area contributed by atoms with Gasteiger partial charge in [0, 0.05) is 11.9 Å². The summed E-state index contributed by atoms with van der Waals surface area (Å²) in [6.45, 7) is 2.77. The van der Waals surface area contributed by atoms with Gasteiger partial charge >= 0.3 is 5.97 Å². The SMILES string of the molecule is CCC(SC1CCOC2(CCCCC2)C1)C(=O)O. The predicted octanol–water partition coefficient (Wildman–Crippen LogP) is 3.46. The van der Waals surface area contributed by atoms with E-state index in [2.05, 4.69) is 0 Å². The highest BCUT2D eigenvalue weighted by Gasteiger charge is 2.39. The van der Waals surface area contributed by atoms with Crippen molar-refractivity contribution < 1.29 is 14.6 Å². The van der Waals surface area contributed by atoms with Crippen molar-refractivity contribution in [1.29, 1.82) is 0 Å². The van der Waals surface area contributed by atoms with Crippen LogP contribution in [0.15, 0.2) is 0 Å². The molecule has 3 nitrogen and oxygen atoms in total. The first-order chi connectivity index (χ1) is 8.65. The predicted molar refractivity (Wildman–Crippen MR) is 74.1 cm³/mol. The fraction of sp³-hybridized carbons (Fsp3) is 0.929. The fourth-order valence-electron chi connectivity index (χ4n) is 3.20. The van der Waals surface area contributed by atoms with Crippen LogP contribution < -0.4 is 0 Å². The van der Waals surface area contributed by atoms with Gasteiger partial charge in [0.15, 0.2) is 0 Å². The van der Waals surface area contributed by atoms with Crippen molar-refractivity contribution in [1.82, 2.24) is 0 Å². The second-order valence-corrected chi connectivity index (χ2v) is 7.09. The third kappa shape index (κ3) is 3.41. The third-order valence-electron chi connectivity index (χ3n) is 4.22. The van der Waals surface area contributed by atoms with Gasteiger partial charge in [0.1, 0.15) is 5.25 Å². The van der Waals surface area contributed by atoms with Crippen LogP contribution in [0.5, 0.6) is 0 Å². The van der Waals surface area contributed by atoms with E-state index in [0.717, 1.165) is 19.4 Å². The Kier molecular flexibility index (Phi) is 4.96. The van der Waals surface area contributed by atoms with Crippen molar-refractivity contribution in [3.8, 4) is 0 Å². The minimum Gasteiger partial charge on any atom is -0.480 e.